The fourth-order valence-electron chi connectivity index (χ4n) is 3.30. The van der Waals surface area contributed by atoms with Crippen LogP contribution in [-0.2, 0) is 9.53 Å². The van der Waals surface area contributed by atoms with Gasteiger partial charge in [-0.2, -0.15) is 5.10 Å². The van der Waals surface area contributed by atoms with Crippen LogP contribution in [0.5, 0.6) is 0 Å². The minimum Gasteiger partial charge on any atom is -0.444 e. The number of hydrogen-bond acceptors (Lipinski definition) is 5. The van der Waals surface area contributed by atoms with E-state index in [2.05, 4.69) is 20.5 Å². The summed E-state index contributed by atoms with van der Waals surface area (Å²) >= 11 is 0. The highest BCUT2D eigenvalue weighted by molar-refractivity contribution is 5.97. The quantitative estimate of drug-likeness (QED) is 0.686. The Labute approximate surface area is 172 Å². The van der Waals surface area contributed by atoms with E-state index in [1.165, 1.54) is 4.90 Å². The molecule has 0 bridgehead atoms. The second-order valence-electron chi connectivity index (χ2n) is 8.35. The van der Waals surface area contributed by atoms with Gasteiger partial charge in [-0.3, -0.25) is 9.89 Å². The number of fused-ring (bicyclic) bond motifs is 1. The van der Waals surface area contributed by atoms with Gasteiger partial charge in [-0.25, -0.2) is 14.2 Å². The van der Waals surface area contributed by atoms with Gasteiger partial charge in [0.15, 0.2) is 5.82 Å². The number of hydrogen-bond donors (Lipinski definition) is 2. The average molecular weight is 414 g/mol. The number of aromatic amines is 1. The molecule has 1 saturated heterocycles. The zero-order chi connectivity index (χ0) is 21.5. The number of likely N-dealkylation sites (tertiary alicyclic amines) is 1. The smallest absolute Gasteiger partial charge is 0.410 e. The van der Waals surface area contributed by atoms with E-state index in [0.717, 1.165) is 11.3 Å². The fourth-order valence-corrected chi connectivity index (χ4v) is 3.30. The van der Waals surface area contributed by atoms with Crippen LogP contribution in [0.1, 0.15) is 27.2 Å². The van der Waals surface area contributed by atoms with Crippen LogP contribution in [0, 0.1) is 0 Å². The van der Waals surface area contributed by atoms with Crippen LogP contribution < -0.4 is 5.32 Å². The van der Waals surface area contributed by atoms with Crippen molar-refractivity contribution in [2.45, 2.75) is 38.5 Å². The molecule has 0 radical (unpaired) electrons. The molecular weight excluding hydrogens is 391 g/mol. The molecule has 4 rings (SSSR count). The number of imidazole rings is 1. The van der Waals surface area contributed by atoms with Crippen LogP contribution in [0.15, 0.2) is 36.8 Å². The standard InChI is InChI=1S/C20H23FN6O3/c1-19(2,3)30-18(29)26-9-7-20(21,12-26)17(28)24-15-11-27-10-13(4-5-16(27)23-15)14-6-8-22-25-14/h4-6,8,10-11H,7,9,12H2,1-3H3,(H,22,25)(H,24,28). The molecule has 3 aromatic rings. The summed E-state index contributed by atoms with van der Waals surface area (Å²) in [4.78, 5) is 30.3. The molecule has 1 aliphatic heterocycles. The van der Waals surface area contributed by atoms with Crippen LogP contribution in [-0.4, -0.2) is 60.8 Å². The fraction of sp³-hybridized carbons (Fsp3) is 0.400. The number of H-pyrrole nitrogens is 1. The lowest BCUT2D eigenvalue weighted by Gasteiger charge is -2.25. The van der Waals surface area contributed by atoms with E-state index in [1.807, 2.05) is 18.3 Å². The van der Waals surface area contributed by atoms with Gasteiger partial charge in [0, 0.05) is 30.9 Å². The molecule has 4 heterocycles. The number of rotatable bonds is 3. The minimum atomic E-state index is -2.20. The lowest BCUT2D eigenvalue weighted by molar-refractivity contribution is -0.126. The van der Waals surface area contributed by atoms with Gasteiger partial charge in [0.05, 0.1) is 18.4 Å². The normalized spacial score (nSPS) is 19.3. The number of carbonyl (C=O) groups is 2. The molecule has 3 aromatic heterocycles. The second-order valence-corrected chi connectivity index (χ2v) is 8.35. The molecule has 1 fully saturated rings. The molecule has 1 unspecified atom stereocenters. The predicted octanol–water partition coefficient (Wildman–Crippen LogP) is 3.01. The SMILES string of the molecule is CC(C)(C)OC(=O)N1CCC(F)(C(=O)Nc2cn3cc(-c4ccn[nH]4)ccc3n2)C1. The van der Waals surface area contributed by atoms with Gasteiger partial charge < -0.3 is 19.4 Å². The molecule has 1 atom stereocenters. The van der Waals surface area contributed by atoms with Crippen molar-refractivity contribution < 1.29 is 18.7 Å². The van der Waals surface area contributed by atoms with Crippen molar-refractivity contribution >= 4 is 23.5 Å². The van der Waals surface area contributed by atoms with E-state index in [9.17, 15) is 9.59 Å². The zero-order valence-electron chi connectivity index (χ0n) is 17.0. The predicted molar refractivity (Wildman–Crippen MR) is 108 cm³/mol. The number of nitrogens with zero attached hydrogens (tertiary/aromatic N) is 4. The van der Waals surface area contributed by atoms with Crippen molar-refractivity contribution in [1.29, 1.82) is 0 Å². The van der Waals surface area contributed by atoms with Crippen LogP contribution in [0.25, 0.3) is 16.9 Å². The summed E-state index contributed by atoms with van der Waals surface area (Å²) in [6.45, 7) is 4.95. The average Bonchev–Trinajstić information content (AvgIpc) is 3.39. The topological polar surface area (TPSA) is 105 Å². The molecule has 30 heavy (non-hydrogen) atoms. The molecule has 0 saturated carbocycles. The maximum absolute atomic E-state index is 15.2. The lowest BCUT2D eigenvalue weighted by atomic mass is 10.1. The van der Waals surface area contributed by atoms with Gasteiger partial charge in [-0.05, 0) is 39.0 Å². The first-order chi connectivity index (χ1) is 14.1. The number of ether oxygens (including phenoxy) is 1. The summed E-state index contributed by atoms with van der Waals surface area (Å²) in [5.74, 6) is -0.597. The number of nitrogens with one attached hydrogen (secondary N) is 2. The summed E-state index contributed by atoms with van der Waals surface area (Å²) in [5.41, 5.74) is -0.559. The molecule has 0 spiro atoms. The van der Waals surface area contributed by atoms with Crippen LogP contribution in [0.2, 0.25) is 0 Å². The number of anilines is 1. The van der Waals surface area contributed by atoms with Crippen LogP contribution >= 0.6 is 0 Å². The molecule has 9 nitrogen and oxygen atoms in total. The molecule has 0 aromatic carbocycles. The van der Waals surface area contributed by atoms with Gasteiger partial charge in [0.25, 0.3) is 5.91 Å². The number of alkyl halides is 1. The number of halogens is 1. The van der Waals surface area contributed by atoms with Crippen LogP contribution in [0.4, 0.5) is 15.0 Å². The van der Waals surface area contributed by atoms with Gasteiger partial charge >= 0.3 is 6.09 Å². The minimum absolute atomic E-state index is 0.102. The first-order valence-corrected chi connectivity index (χ1v) is 9.60. The summed E-state index contributed by atoms with van der Waals surface area (Å²) in [7, 11) is 0. The number of pyridine rings is 1. The van der Waals surface area contributed by atoms with Crippen LogP contribution in [0.3, 0.4) is 0 Å². The maximum Gasteiger partial charge on any atom is 0.410 e. The van der Waals surface area contributed by atoms with E-state index in [-0.39, 0.29) is 25.3 Å². The van der Waals surface area contributed by atoms with Gasteiger partial charge in [-0.15, -0.1) is 0 Å². The molecule has 2 N–H and O–H groups in total. The summed E-state index contributed by atoms with van der Waals surface area (Å²) in [5, 5.41) is 9.34. The van der Waals surface area contributed by atoms with Crippen molar-refractivity contribution in [3.63, 3.8) is 0 Å². The Morgan fingerprint density at radius 2 is 2.07 bits per heavy atom. The Bertz CT molecular complexity index is 1090. The Balaban J connectivity index is 1.45. The van der Waals surface area contributed by atoms with E-state index in [4.69, 9.17) is 4.74 Å². The summed E-state index contributed by atoms with van der Waals surface area (Å²) < 4.78 is 22.2. The third kappa shape index (κ3) is 3.98. The molecule has 1 aliphatic rings. The molecule has 158 valence electrons. The van der Waals surface area contributed by atoms with Gasteiger partial charge in [0.1, 0.15) is 11.2 Å². The monoisotopic (exact) mass is 414 g/mol. The Morgan fingerprint density at radius 3 is 2.77 bits per heavy atom. The largest absolute Gasteiger partial charge is 0.444 e. The highest BCUT2D eigenvalue weighted by atomic mass is 19.1. The second kappa shape index (κ2) is 7.12. The number of amides is 2. The molecule has 0 aliphatic carbocycles. The number of aromatic nitrogens is 4. The lowest BCUT2D eigenvalue weighted by Crippen LogP contribution is -2.43. The first kappa shape index (κ1) is 19.9. The van der Waals surface area contributed by atoms with Crippen molar-refractivity contribution in [3.05, 3.63) is 36.8 Å². The molecule has 2 amide bonds. The van der Waals surface area contributed by atoms with E-state index >= 15 is 4.39 Å². The summed E-state index contributed by atoms with van der Waals surface area (Å²) in [6.07, 6.45) is 4.36. The van der Waals surface area contributed by atoms with E-state index in [0.29, 0.717) is 5.65 Å². The highest BCUT2D eigenvalue weighted by Crippen LogP contribution is 2.29. The molecular formula is C20H23FN6O3. The Morgan fingerprint density at radius 1 is 1.27 bits per heavy atom. The van der Waals surface area contributed by atoms with Crippen molar-refractivity contribution in [2.24, 2.45) is 0 Å². The van der Waals surface area contributed by atoms with Crippen molar-refractivity contribution in [2.75, 3.05) is 18.4 Å². The van der Waals surface area contributed by atoms with Crippen molar-refractivity contribution in [1.82, 2.24) is 24.5 Å². The van der Waals surface area contributed by atoms with Gasteiger partial charge in [0.2, 0.25) is 5.67 Å². The van der Waals surface area contributed by atoms with Gasteiger partial charge in [-0.1, -0.05) is 0 Å². The Hall–Kier alpha value is -3.43. The first-order valence-electron chi connectivity index (χ1n) is 9.60. The zero-order valence-corrected chi connectivity index (χ0v) is 17.0. The third-order valence-electron chi connectivity index (χ3n) is 4.78. The van der Waals surface area contributed by atoms with E-state index < -0.39 is 23.3 Å². The van der Waals surface area contributed by atoms with Crippen molar-refractivity contribution in [3.8, 4) is 11.3 Å². The number of carbonyl (C=O) groups excluding carboxylic acids is 2. The summed E-state index contributed by atoms with van der Waals surface area (Å²) in [6, 6.07) is 5.49. The maximum atomic E-state index is 15.2. The highest BCUT2D eigenvalue weighted by Gasteiger charge is 2.47. The Kier molecular flexibility index (Phi) is 4.71. The van der Waals surface area contributed by atoms with E-state index in [1.54, 1.807) is 43.6 Å². The third-order valence-corrected chi connectivity index (χ3v) is 4.78. The molecule has 10 heteroatoms.